The molecule has 8 nitrogen and oxygen atoms in total. The summed E-state index contributed by atoms with van der Waals surface area (Å²) in [5.74, 6) is 3.17. The van der Waals surface area contributed by atoms with Crippen molar-refractivity contribution < 1.29 is 24.1 Å². The van der Waals surface area contributed by atoms with Crippen LogP contribution in [-0.2, 0) is 0 Å². The van der Waals surface area contributed by atoms with Gasteiger partial charge in [-0.2, -0.15) is 0 Å². The van der Waals surface area contributed by atoms with Gasteiger partial charge >= 0.3 is 0 Å². The van der Waals surface area contributed by atoms with Crippen LogP contribution in [0, 0.1) is 18.8 Å². The lowest BCUT2D eigenvalue weighted by Crippen LogP contribution is -2.42. The van der Waals surface area contributed by atoms with Crippen LogP contribution in [0.2, 0.25) is 0 Å². The van der Waals surface area contributed by atoms with Crippen LogP contribution in [0.15, 0.2) is 30.6 Å². The number of carbonyl (C=O) groups is 1. The van der Waals surface area contributed by atoms with Crippen molar-refractivity contribution in [2.45, 2.75) is 32.0 Å². The second-order valence-corrected chi connectivity index (χ2v) is 7.96. The Labute approximate surface area is 168 Å². The van der Waals surface area contributed by atoms with Crippen LogP contribution in [0.25, 0.3) is 0 Å². The lowest BCUT2D eigenvalue weighted by atomic mass is 9.78. The van der Waals surface area contributed by atoms with Crippen LogP contribution in [0.4, 0.5) is 0 Å². The number of amides is 1. The lowest BCUT2D eigenvalue weighted by Gasteiger charge is -2.35. The highest BCUT2D eigenvalue weighted by Crippen LogP contribution is 2.40. The van der Waals surface area contributed by atoms with Crippen LogP contribution in [0.3, 0.4) is 0 Å². The van der Waals surface area contributed by atoms with Crippen molar-refractivity contribution in [3.8, 4) is 17.2 Å². The van der Waals surface area contributed by atoms with Crippen LogP contribution in [0.1, 0.15) is 29.0 Å². The van der Waals surface area contributed by atoms with Gasteiger partial charge in [-0.15, -0.1) is 0 Å². The summed E-state index contributed by atoms with van der Waals surface area (Å²) in [6.45, 7) is 3.31. The summed E-state index contributed by atoms with van der Waals surface area (Å²) in [6.07, 6.45) is 3.59. The summed E-state index contributed by atoms with van der Waals surface area (Å²) in [4.78, 5) is 22.9. The number of aromatic nitrogens is 2. The molecule has 2 aromatic rings. The Balaban J connectivity index is 1.25. The number of likely N-dealkylation sites (tertiary alicyclic amines) is 1. The number of hydrogen-bond acceptors (Lipinski definition) is 7. The second kappa shape index (κ2) is 7.18. The Morgan fingerprint density at radius 3 is 2.66 bits per heavy atom. The standard InChI is InChI=1S/C21H23N3O5/c1-12-22-7-15(8-23-12)21(26)24-9-13-4-17(25)19(5-14(13)10-24)29-16-2-3-18-20(6-16)28-11-27-18/h2-3,6-8,13-14,17,19,25H,4-5,9-11H2,1H3/t13-,14+,17+,19+/m0/s1. The van der Waals surface area contributed by atoms with Gasteiger partial charge in [-0.1, -0.05) is 0 Å². The molecular formula is C21H23N3O5. The van der Waals surface area contributed by atoms with E-state index in [0.717, 1.165) is 0 Å². The van der Waals surface area contributed by atoms with Gasteiger partial charge in [0.1, 0.15) is 17.7 Å². The summed E-state index contributed by atoms with van der Waals surface area (Å²) < 4.78 is 16.8. The van der Waals surface area contributed by atoms with Crippen LogP contribution < -0.4 is 14.2 Å². The van der Waals surface area contributed by atoms with E-state index in [1.165, 1.54) is 0 Å². The maximum Gasteiger partial charge on any atom is 0.257 e. The summed E-state index contributed by atoms with van der Waals surface area (Å²) in [5.41, 5.74) is 0.503. The molecule has 1 aliphatic carbocycles. The molecule has 3 heterocycles. The number of fused-ring (bicyclic) bond motifs is 2. The minimum atomic E-state index is -0.570. The molecule has 1 aromatic carbocycles. The number of aliphatic hydroxyl groups is 1. The molecular weight excluding hydrogens is 374 g/mol. The number of nitrogens with zero attached hydrogens (tertiary/aromatic N) is 3. The van der Waals surface area contributed by atoms with E-state index >= 15 is 0 Å². The van der Waals surface area contributed by atoms with E-state index in [1.54, 1.807) is 25.4 Å². The first-order valence-corrected chi connectivity index (χ1v) is 9.89. The molecule has 152 valence electrons. The van der Waals surface area contributed by atoms with Crippen molar-refractivity contribution in [3.05, 3.63) is 42.0 Å². The SMILES string of the molecule is Cc1ncc(C(=O)N2C[C@H]3C[C@@H](Oc4ccc5c(c4)OCO5)[C@H](O)C[C@H]3C2)cn1. The maximum atomic E-state index is 12.8. The molecule has 0 unspecified atom stereocenters. The Morgan fingerprint density at radius 2 is 1.86 bits per heavy atom. The fourth-order valence-electron chi connectivity index (χ4n) is 4.49. The number of aryl methyl sites for hydroxylation is 1. The number of carbonyl (C=O) groups excluding carboxylic acids is 1. The van der Waals surface area contributed by atoms with Gasteiger partial charge in [0.2, 0.25) is 6.79 Å². The Bertz CT molecular complexity index is 919. The van der Waals surface area contributed by atoms with E-state index in [2.05, 4.69) is 9.97 Å². The first-order chi connectivity index (χ1) is 14.1. The molecule has 1 saturated carbocycles. The minimum absolute atomic E-state index is 0.0536. The zero-order chi connectivity index (χ0) is 20.0. The Morgan fingerprint density at radius 1 is 1.14 bits per heavy atom. The molecule has 1 amide bonds. The number of rotatable bonds is 3. The second-order valence-electron chi connectivity index (χ2n) is 7.96. The van der Waals surface area contributed by atoms with E-state index in [-0.39, 0.29) is 24.7 Å². The van der Waals surface area contributed by atoms with Gasteiger partial charge in [0, 0.05) is 31.5 Å². The van der Waals surface area contributed by atoms with Crippen molar-refractivity contribution in [1.82, 2.24) is 14.9 Å². The lowest BCUT2D eigenvalue weighted by molar-refractivity contribution is -0.0232. The molecule has 8 heteroatoms. The first-order valence-electron chi connectivity index (χ1n) is 9.89. The highest BCUT2D eigenvalue weighted by molar-refractivity contribution is 5.93. The molecule has 4 atom stereocenters. The largest absolute Gasteiger partial charge is 0.488 e. The summed E-state index contributed by atoms with van der Waals surface area (Å²) >= 11 is 0. The molecule has 0 spiro atoms. The number of hydrogen-bond donors (Lipinski definition) is 1. The Hall–Kier alpha value is -2.87. The molecule has 1 aromatic heterocycles. The number of benzene rings is 1. The van der Waals surface area contributed by atoms with E-state index in [9.17, 15) is 9.90 Å². The third-order valence-corrected chi connectivity index (χ3v) is 6.03. The zero-order valence-corrected chi connectivity index (χ0v) is 16.2. The van der Waals surface area contributed by atoms with Crippen molar-refractivity contribution in [1.29, 1.82) is 0 Å². The molecule has 2 aliphatic heterocycles. The van der Waals surface area contributed by atoms with Crippen molar-refractivity contribution in [2.24, 2.45) is 11.8 Å². The molecule has 0 radical (unpaired) electrons. The summed E-state index contributed by atoms with van der Waals surface area (Å²) in [5, 5.41) is 10.6. The summed E-state index contributed by atoms with van der Waals surface area (Å²) in [6, 6.07) is 5.44. The van der Waals surface area contributed by atoms with E-state index in [1.807, 2.05) is 17.0 Å². The predicted octanol–water partition coefficient (Wildman–Crippen LogP) is 1.80. The quantitative estimate of drug-likeness (QED) is 0.844. The van der Waals surface area contributed by atoms with Gasteiger partial charge in [0.15, 0.2) is 11.5 Å². The molecule has 2 fully saturated rings. The Kier molecular flexibility index (Phi) is 4.50. The van der Waals surface area contributed by atoms with Gasteiger partial charge < -0.3 is 24.2 Å². The van der Waals surface area contributed by atoms with E-state index in [0.29, 0.717) is 60.5 Å². The smallest absolute Gasteiger partial charge is 0.257 e. The van der Waals surface area contributed by atoms with E-state index in [4.69, 9.17) is 14.2 Å². The van der Waals surface area contributed by atoms with Crippen LogP contribution in [-0.4, -0.2) is 58.0 Å². The maximum absolute atomic E-state index is 12.8. The third-order valence-electron chi connectivity index (χ3n) is 6.03. The number of ether oxygens (including phenoxy) is 3. The molecule has 0 bridgehead atoms. The fraction of sp³-hybridized carbons (Fsp3) is 0.476. The zero-order valence-electron chi connectivity index (χ0n) is 16.2. The van der Waals surface area contributed by atoms with Gasteiger partial charge in [0.25, 0.3) is 5.91 Å². The average Bonchev–Trinajstić information content (AvgIpc) is 3.34. The molecule has 5 rings (SSSR count). The van der Waals surface area contributed by atoms with Crippen molar-refractivity contribution >= 4 is 5.91 Å². The van der Waals surface area contributed by atoms with Gasteiger partial charge in [-0.05, 0) is 43.7 Å². The molecule has 1 saturated heterocycles. The average molecular weight is 397 g/mol. The highest BCUT2D eigenvalue weighted by atomic mass is 16.7. The van der Waals surface area contributed by atoms with E-state index < -0.39 is 6.10 Å². The third kappa shape index (κ3) is 3.48. The van der Waals surface area contributed by atoms with Crippen molar-refractivity contribution in [2.75, 3.05) is 19.9 Å². The fourth-order valence-corrected chi connectivity index (χ4v) is 4.49. The monoisotopic (exact) mass is 397 g/mol. The van der Waals surface area contributed by atoms with Gasteiger partial charge in [-0.3, -0.25) is 4.79 Å². The molecule has 1 N–H and O–H groups in total. The minimum Gasteiger partial charge on any atom is -0.488 e. The van der Waals surface area contributed by atoms with Gasteiger partial charge in [0.05, 0.1) is 11.7 Å². The van der Waals surface area contributed by atoms with Crippen molar-refractivity contribution in [3.63, 3.8) is 0 Å². The van der Waals surface area contributed by atoms with Gasteiger partial charge in [-0.25, -0.2) is 9.97 Å². The predicted molar refractivity (Wildman–Crippen MR) is 102 cm³/mol. The topological polar surface area (TPSA) is 94.0 Å². The van der Waals surface area contributed by atoms with Crippen LogP contribution in [0.5, 0.6) is 17.2 Å². The first kappa shape index (κ1) is 18.2. The molecule has 29 heavy (non-hydrogen) atoms. The normalized spacial score (nSPS) is 27.6. The highest BCUT2D eigenvalue weighted by Gasteiger charge is 2.44. The molecule has 3 aliphatic rings. The summed E-state index contributed by atoms with van der Waals surface area (Å²) in [7, 11) is 0. The number of aliphatic hydroxyl groups excluding tert-OH is 1. The van der Waals surface area contributed by atoms with Crippen LogP contribution >= 0.6 is 0 Å².